The van der Waals surface area contributed by atoms with Gasteiger partial charge in [-0.05, 0) is 47.5 Å². The van der Waals surface area contributed by atoms with Gasteiger partial charge in [0.25, 0.3) is 5.56 Å². The molecule has 10 heteroatoms. The van der Waals surface area contributed by atoms with Crippen LogP contribution >= 0.6 is 0 Å². The van der Waals surface area contributed by atoms with E-state index in [0.29, 0.717) is 23.7 Å². The van der Waals surface area contributed by atoms with Gasteiger partial charge in [-0.3, -0.25) is 13.9 Å². The molecule has 0 saturated heterocycles. The van der Waals surface area contributed by atoms with Gasteiger partial charge in [-0.15, -0.1) is 0 Å². The molecule has 1 aliphatic rings. The van der Waals surface area contributed by atoms with Crippen molar-refractivity contribution in [1.82, 2.24) is 24.0 Å². The number of carbonyl (C=O) groups is 1. The molecule has 0 aromatic carbocycles. The summed E-state index contributed by atoms with van der Waals surface area (Å²) in [5, 5.41) is 6.25. The first-order valence-corrected chi connectivity index (χ1v) is 10.4. The van der Waals surface area contributed by atoms with Crippen molar-refractivity contribution in [1.29, 1.82) is 0 Å². The SMILES string of the molecule is CC(C)=CCn1c(N[C@@H]2CC[C@H]2NC(=O)OC(C)(C)C)nc2c1c(=O)n(C)c(=O)n2C. The number of fused-ring (bicyclic) bond motifs is 1. The summed E-state index contributed by atoms with van der Waals surface area (Å²) in [6.07, 6.45) is 3.18. The fourth-order valence-electron chi connectivity index (χ4n) is 3.48. The van der Waals surface area contributed by atoms with Gasteiger partial charge in [0.1, 0.15) is 5.60 Å². The van der Waals surface area contributed by atoms with E-state index < -0.39 is 22.9 Å². The largest absolute Gasteiger partial charge is 0.444 e. The van der Waals surface area contributed by atoms with Crippen LogP contribution < -0.4 is 21.9 Å². The minimum atomic E-state index is -0.570. The predicted octanol–water partition coefficient (Wildman–Crippen LogP) is 1.87. The summed E-state index contributed by atoms with van der Waals surface area (Å²) < 4.78 is 9.59. The Morgan fingerprint density at radius 2 is 1.81 bits per heavy atom. The van der Waals surface area contributed by atoms with Crippen LogP contribution in [-0.2, 0) is 25.4 Å². The zero-order valence-corrected chi connectivity index (χ0v) is 19.3. The number of amides is 1. The van der Waals surface area contributed by atoms with Crippen LogP contribution in [0.2, 0.25) is 0 Å². The average molecular weight is 433 g/mol. The first-order valence-electron chi connectivity index (χ1n) is 10.4. The highest BCUT2D eigenvalue weighted by atomic mass is 16.6. The van der Waals surface area contributed by atoms with Crippen LogP contribution in [0.25, 0.3) is 11.2 Å². The maximum atomic E-state index is 12.9. The summed E-state index contributed by atoms with van der Waals surface area (Å²) in [4.78, 5) is 41.9. The number of anilines is 1. The lowest BCUT2D eigenvalue weighted by Gasteiger charge is -2.38. The van der Waals surface area contributed by atoms with E-state index in [1.165, 1.54) is 11.6 Å². The molecule has 0 bridgehead atoms. The third kappa shape index (κ3) is 4.67. The van der Waals surface area contributed by atoms with Crippen molar-refractivity contribution in [2.24, 2.45) is 14.1 Å². The number of aryl methyl sites for hydroxylation is 1. The summed E-state index contributed by atoms with van der Waals surface area (Å²) in [6.45, 7) is 9.85. The first kappa shape index (κ1) is 22.6. The van der Waals surface area contributed by atoms with Gasteiger partial charge in [0, 0.05) is 26.7 Å². The van der Waals surface area contributed by atoms with Gasteiger partial charge < -0.3 is 19.9 Å². The molecule has 1 aliphatic carbocycles. The first-order chi connectivity index (χ1) is 14.4. The summed E-state index contributed by atoms with van der Waals surface area (Å²) in [7, 11) is 3.06. The van der Waals surface area contributed by atoms with E-state index in [1.807, 2.05) is 40.7 Å². The highest BCUT2D eigenvalue weighted by Crippen LogP contribution is 2.26. The Morgan fingerprint density at radius 1 is 1.16 bits per heavy atom. The van der Waals surface area contributed by atoms with Crippen LogP contribution in [0.3, 0.4) is 0 Å². The highest BCUT2D eigenvalue weighted by Gasteiger charge is 2.34. The fraction of sp³-hybridized carbons (Fsp3) is 0.619. The second-order valence-electron chi connectivity index (χ2n) is 9.29. The lowest BCUT2D eigenvalue weighted by molar-refractivity contribution is 0.0472. The fourth-order valence-corrected chi connectivity index (χ4v) is 3.48. The van der Waals surface area contributed by atoms with Crippen molar-refractivity contribution in [3.05, 3.63) is 32.5 Å². The summed E-state index contributed by atoms with van der Waals surface area (Å²) in [5.41, 5.74) is 0.402. The lowest BCUT2D eigenvalue weighted by Crippen LogP contribution is -2.54. The molecule has 0 aliphatic heterocycles. The molecule has 3 rings (SSSR count). The number of hydrogen-bond donors (Lipinski definition) is 2. The number of aromatic nitrogens is 4. The number of nitrogens with zero attached hydrogens (tertiary/aromatic N) is 4. The molecule has 2 aromatic heterocycles. The van der Waals surface area contributed by atoms with Gasteiger partial charge in [-0.1, -0.05) is 11.6 Å². The molecule has 1 saturated carbocycles. The monoisotopic (exact) mass is 432 g/mol. The Hall–Kier alpha value is -3.04. The van der Waals surface area contributed by atoms with Crippen LogP contribution in [-0.4, -0.2) is 42.5 Å². The van der Waals surface area contributed by atoms with Gasteiger partial charge in [0.2, 0.25) is 5.95 Å². The summed E-state index contributed by atoms with van der Waals surface area (Å²) >= 11 is 0. The van der Waals surface area contributed by atoms with Crippen molar-refractivity contribution in [3.63, 3.8) is 0 Å². The Balaban J connectivity index is 1.94. The van der Waals surface area contributed by atoms with Gasteiger partial charge in [-0.2, -0.15) is 4.98 Å². The third-order valence-corrected chi connectivity index (χ3v) is 5.32. The average Bonchev–Trinajstić information content (AvgIpc) is 3.01. The number of nitrogens with one attached hydrogen (secondary N) is 2. The molecule has 0 spiro atoms. The third-order valence-electron chi connectivity index (χ3n) is 5.32. The van der Waals surface area contributed by atoms with Crippen molar-refractivity contribution in [3.8, 4) is 0 Å². The number of allylic oxidation sites excluding steroid dienone is 2. The van der Waals surface area contributed by atoms with Crippen molar-refractivity contribution in [2.75, 3.05) is 5.32 Å². The van der Waals surface area contributed by atoms with E-state index in [4.69, 9.17) is 4.74 Å². The second kappa shape index (κ2) is 8.24. The van der Waals surface area contributed by atoms with Crippen molar-refractivity contribution < 1.29 is 9.53 Å². The molecule has 2 atom stereocenters. The van der Waals surface area contributed by atoms with Crippen LogP contribution in [0.15, 0.2) is 21.2 Å². The number of hydrogen-bond acceptors (Lipinski definition) is 6. The standard InChI is InChI=1S/C21H32N6O4/c1-12(2)10-11-27-15-16(25(6)20(30)26(7)17(15)28)24-18(27)22-13-8-9-14(13)23-19(29)31-21(3,4)5/h10,13-14H,8-9,11H2,1-7H3,(H,22,24)(H,23,29)/t13-,14-/m1/s1. The molecule has 1 fully saturated rings. The van der Waals surface area contributed by atoms with Gasteiger partial charge in [0.15, 0.2) is 11.2 Å². The second-order valence-corrected chi connectivity index (χ2v) is 9.29. The number of alkyl carbamates (subject to hydrolysis) is 1. The normalized spacial score (nSPS) is 18.4. The molecule has 31 heavy (non-hydrogen) atoms. The van der Waals surface area contributed by atoms with Gasteiger partial charge >= 0.3 is 11.8 Å². The molecule has 2 heterocycles. The Kier molecular flexibility index (Phi) is 6.02. The Bertz CT molecular complexity index is 1140. The predicted molar refractivity (Wildman–Crippen MR) is 119 cm³/mol. The smallest absolute Gasteiger partial charge is 0.407 e. The van der Waals surface area contributed by atoms with E-state index in [1.54, 1.807) is 11.6 Å². The minimum absolute atomic E-state index is 0.0596. The van der Waals surface area contributed by atoms with E-state index in [9.17, 15) is 14.4 Å². The molecule has 10 nitrogen and oxygen atoms in total. The molecule has 0 radical (unpaired) electrons. The van der Waals surface area contributed by atoms with E-state index in [2.05, 4.69) is 15.6 Å². The number of rotatable bonds is 5. The molecular weight excluding hydrogens is 400 g/mol. The maximum absolute atomic E-state index is 12.9. The van der Waals surface area contributed by atoms with Crippen LogP contribution in [0.4, 0.5) is 10.7 Å². The van der Waals surface area contributed by atoms with E-state index >= 15 is 0 Å². The molecule has 2 aromatic rings. The van der Waals surface area contributed by atoms with E-state index in [-0.39, 0.29) is 12.1 Å². The topological polar surface area (TPSA) is 112 Å². The molecule has 1 amide bonds. The zero-order chi connectivity index (χ0) is 23.1. The van der Waals surface area contributed by atoms with Crippen molar-refractivity contribution in [2.45, 2.75) is 71.7 Å². The highest BCUT2D eigenvalue weighted by molar-refractivity contribution is 5.74. The number of ether oxygens (including phenoxy) is 1. The number of imidazole rings is 1. The van der Waals surface area contributed by atoms with Gasteiger partial charge in [0.05, 0.1) is 6.04 Å². The Morgan fingerprint density at radius 3 is 2.35 bits per heavy atom. The van der Waals surface area contributed by atoms with Crippen molar-refractivity contribution >= 4 is 23.2 Å². The molecule has 0 unspecified atom stereocenters. The quantitative estimate of drug-likeness (QED) is 0.698. The van der Waals surface area contributed by atoms with Crippen LogP contribution in [0.1, 0.15) is 47.5 Å². The van der Waals surface area contributed by atoms with E-state index in [0.717, 1.165) is 23.0 Å². The lowest BCUT2D eigenvalue weighted by atomic mass is 9.86. The summed E-state index contributed by atoms with van der Waals surface area (Å²) in [6, 6.07) is -0.172. The maximum Gasteiger partial charge on any atom is 0.407 e. The number of carbonyl (C=O) groups excluding carboxylic acids is 1. The Labute approximate surface area is 180 Å². The van der Waals surface area contributed by atoms with Crippen LogP contribution in [0, 0.1) is 0 Å². The molecule has 170 valence electrons. The minimum Gasteiger partial charge on any atom is -0.444 e. The van der Waals surface area contributed by atoms with Crippen LogP contribution in [0.5, 0.6) is 0 Å². The zero-order valence-electron chi connectivity index (χ0n) is 19.3. The van der Waals surface area contributed by atoms with Gasteiger partial charge in [-0.25, -0.2) is 9.59 Å². The summed E-state index contributed by atoms with van der Waals surface area (Å²) in [5.74, 6) is 0.492. The molecular formula is C21H32N6O4. The molecule has 2 N–H and O–H groups in total.